The van der Waals surface area contributed by atoms with Gasteiger partial charge < -0.3 is 15.2 Å². The number of alkyl carbamates (subject to hydrolysis) is 1. The van der Waals surface area contributed by atoms with Gasteiger partial charge in [0.2, 0.25) is 0 Å². The molecule has 5 nitrogen and oxygen atoms in total. The van der Waals surface area contributed by atoms with E-state index in [9.17, 15) is 14.7 Å². The minimum atomic E-state index is -0.996. The van der Waals surface area contributed by atoms with E-state index in [4.69, 9.17) is 4.74 Å². The van der Waals surface area contributed by atoms with E-state index in [2.05, 4.69) is 30.4 Å². The lowest BCUT2D eigenvalue weighted by molar-refractivity contribution is -0.183. The van der Waals surface area contributed by atoms with Gasteiger partial charge in [0, 0.05) is 5.41 Å². The van der Waals surface area contributed by atoms with E-state index in [-0.39, 0.29) is 17.4 Å². The molecule has 1 atom stereocenters. The molecule has 1 unspecified atom stereocenters. The highest BCUT2D eigenvalue weighted by molar-refractivity contribution is 5.82. The van der Waals surface area contributed by atoms with Crippen LogP contribution >= 0.6 is 0 Å². The van der Waals surface area contributed by atoms with Gasteiger partial charge in [0.1, 0.15) is 12.6 Å². The van der Waals surface area contributed by atoms with Crippen molar-refractivity contribution in [1.29, 1.82) is 0 Å². The van der Waals surface area contributed by atoms with Crippen molar-refractivity contribution in [1.82, 2.24) is 5.32 Å². The average molecular weight is 365 g/mol. The Morgan fingerprint density at radius 2 is 1.81 bits per heavy atom. The Labute approximate surface area is 158 Å². The Morgan fingerprint density at radius 1 is 1.11 bits per heavy atom. The molecule has 3 saturated carbocycles. The van der Waals surface area contributed by atoms with Crippen molar-refractivity contribution in [3.63, 3.8) is 0 Å². The van der Waals surface area contributed by atoms with Crippen LogP contribution in [0, 0.1) is 12.3 Å². The van der Waals surface area contributed by atoms with Crippen LogP contribution in [0.4, 0.5) is 4.79 Å². The topological polar surface area (TPSA) is 75.6 Å². The maximum absolute atomic E-state index is 12.1. The van der Waals surface area contributed by atoms with E-state index < -0.39 is 18.1 Å². The van der Waals surface area contributed by atoms with Crippen molar-refractivity contribution >= 4 is 12.1 Å². The molecule has 3 aliphatic carbocycles. The van der Waals surface area contributed by atoms with Crippen molar-refractivity contribution in [3.8, 4) is 0 Å². The first kappa shape index (κ1) is 17.6. The Morgan fingerprint density at radius 3 is 2.44 bits per heavy atom. The molecule has 0 radical (unpaired) electrons. The number of carbonyl (C=O) groups is 2. The maximum atomic E-state index is 12.1. The summed E-state index contributed by atoms with van der Waals surface area (Å²) in [5.41, 5.74) is 3.07. The van der Waals surface area contributed by atoms with Gasteiger partial charge in [-0.15, -0.1) is 0 Å². The predicted molar refractivity (Wildman–Crippen MR) is 100 cm³/mol. The van der Waals surface area contributed by atoms with Gasteiger partial charge in [-0.1, -0.05) is 60.2 Å². The summed E-state index contributed by atoms with van der Waals surface area (Å²) in [4.78, 5) is 23.9. The van der Waals surface area contributed by atoms with Gasteiger partial charge in [-0.2, -0.15) is 0 Å². The Hall–Kier alpha value is -2.82. The molecule has 27 heavy (non-hydrogen) atoms. The largest absolute Gasteiger partial charge is 0.480 e. The average Bonchev–Trinajstić information content (AvgIpc) is 2.58. The fraction of sp³-hybridized carbons (Fsp3) is 0.364. The van der Waals surface area contributed by atoms with E-state index in [1.807, 2.05) is 36.4 Å². The first-order valence-electron chi connectivity index (χ1n) is 9.20. The van der Waals surface area contributed by atoms with Gasteiger partial charge in [0.15, 0.2) is 0 Å². The molecule has 3 fully saturated rings. The second-order valence-electron chi connectivity index (χ2n) is 8.02. The van der Waals surface area contributed by atoms with Gasteiger partial charge in [-0.25, -0.2) is 9.59 Å². The van der Waals surface area contributed by atoms with Crippen molar-refractivity contribution in [2.75, 3.05) is 0 Å². The van der Waals surface area contributed by atoms with E-state index in [1.54, 1.807) is 0 Å². The van der Waals surface area contributed by atoms with Crippen LogP contribution in [0.25, 0.3) is 0 Å². The fourth-order valence-corrected chi connectivity index (χ4v) is 4.81. The Bertz CT molecular complexity index is 857. The van der Waals surface area contributed by atoms with Crippen molar-refractivity contribution < 1.29 is 19.4 Å². The van der Waals surface area contributed by atoms with Crippen LogP contribution in [-0.2, 0) is 21.6 Å². The van der Waals surface area contributed by atoms with Crippen LogP contribution in [0.5, 0.6) is 0 Å². The molecule has 0 aliphatic heterocycles. The van der Waals surface area contributed by atoms with E-state index in [0.717, 1.165) is 24.8 Å². The Kier molecular flexibility index (Phi) is 4.17. The third-order valence-corrected chi connectivity index (χ3v) is 6.04. The zero-order chi connectivity index (χ0) is 19.1. The summed E-state index contributed by atoms with van der Waals surface area (Å²) in [5.74, 6) is -0.996. The highest BCUT2D eigenvalue weighted by Crippen LogP contribution is 2.75. The van der Waals surface area contributed by atoms with Crippen LogP contribution in [0.3, 0.4) is 0 Å². The molecule has 3 aliphatic rings. The molecule has 5 rings (SSSR count). The Balaban J connectivity index is 1.37. The minimum absolute atomic E-state index is 0.0787. The highest BCUT2D eigenvalue weighted by Gasteiger charge is 2.72. The highest BCUT2D eigenvalue weighted by atomic mass is 16.5. The maximum Gasteiger partial charge on any atom is 0.408 e. The van der Waals surface area contributed by atoms with Gasteiger partial charge >= 0.3 is 12.1 Å². The third kappa shape index (κ3) is 3.07. The minimum Gasteiger partial charge on any atom is -0.480 e. The number of aryl methyl sites for hydroxylation is 1. The van der Waals surface area contributed by atoms with Gasteiger partial charge in [0.05, 0.1) is 0 Å². The molecule has 0 saturated heterocycles. The molecule has 0 spiro atoms. The van der Waals surface area contributed by atoms with Gasteiger partial charge in [-0.05, 0) is 42.7 Å². The van der Waals surface area contributed by atoms with Crippen LogP contribution in [-0.4, -0.2) is 23.2 Å². The zero-order valence-electron chi connectivity index (χ0n) is 15.3. The molecule has 1 amide bonds. The van der Waals surface area contributed by atoms with Crippen molar-refractivity contribution in [2.45, 2.75) is 44.2 Å². The lowest BCUT2D eigenvalue weighted by Crippen LogP contribution is -2.73. The second-order valence-corrected chi connectivity index (χ2v) is 8.02. The number of carbonyl (C=O) groups excluding carboxylic acids is 1. The number of hydrogen-bond donors (Lipinski definition) is 2. The lowest BCUT2D eigenvalue weighted by atomic mass is 9.31. The number of nitrogens with one attached hydrogen (secondary N) is 1. The van der Waals surface area contributed by atoms with Crippen LogP contribution in [0.15, 0.2) is 54.6 Å². The van der Waals surface area contributed by atoms with Crippen LogP contribution in [0.1, 0.15) is 36.0 Å². The smallest absolute Gasteiger partial charge is 0.408 e. The molecular formula is C22H23NO4. The monoisotopic (exact) mass is 365 g/mol. The number of amides is 1. The van der Waals surface area contributed by atoms with E-state index in [1.165, 1.54) is 11.1 Å². The van der Waals surface area contributed by atoms with Gasteiger partial charge in [-0.3, -0.25) is 0 Å². The summed E-state index contributed by atoms with van der Waals surface area (Å²) in [6.07, 6.45) is 1.69. The lowest BCUT2D eigenvalue weighted by Gasteiger charge is -2.72. The number of carboxylic acid groups (broad SMARTS) is 1. The van der Waals surface area contributed by atoms with Crippen molar-refractivity contribution in [3.05, 3.63) is 71.3 Å². The molecule has 2 aromatic carbocycles. The molecule has 2 bridgehead atoms. The number of aliphatic carboxylic acids is 1. The predicted octanol–water partition coefficient (Wildman–Crippen LogP) is 3.80. The number of ether oxygens (including phenoxy) is 1. The summed E-state index contributed by atoms with van der Waals surface area (Å²) in [6.45, 7) is 2.19. The third-order valence-electron chi connectivity index (χ3n) is 6.04. The fourth-order valence-electron chi connectivity index (χ4n) is 4.81. The quantitative estimate of drug-likeness (QED) is 0.816. The van der Waals surface area contributed by atoms with Crippen LogP contribution < -0.4 is 5.32 Å². The first-order valence-corrected chi connectivity index (χ1v) is 9.20. The number of carboxylic acids is 1. The summed E-state index contributed by atoms with van der Waals surface area (Å²) in [5, 5.41) is 12.2. The summed E-state index contributed by atoms with van der Waals surface area (Å²) in [7, 11) is 0. The number of rotatable bonds is 6. The second kappa shape index (κ2) is 6.41. The summed E-state index contributed by atoms with van der Waals surface area (Å²) < 4.78 is 5.20. The molecule has 5 heteroatoms. The molecular weight excluding hydrogens is 342 g/mol. The standard InChI is InChI=1S/C22H23NO4/c1-15-6-5-9-17(10-15)21-12-22(13-21,14-21)18(19(24)25)23-20(26)27-11-16-7-3-2-4-8-16/h2-10,18H,11-14H2,1H3,(H,23,26)(H,24,25). The first-order chi connectivity index (χ1) is 12.9. The number of benzene rings is 2. The molecule has 0 aromatic heterocycles. The van der Waals surface area contributed by atoms with E-state index >= 15 is 0 Å². The van der Waals surface area contributed by atoms with Crippen LogP contribution in [0.2, 0.25) is 0 Å². The number of hydrogen-bond acceptors (Lipinski definition) is 3. The summed E-state index contributed by atoms with van der Waals surface area (Å²) in [6, 6.07) is 16.8. The van der Waals surface area contributed by atoms with E-state index in [0.29, 0.717) is 0 Å². The van der Waals surface area contributed by atoms with Gasteiger partial charge in [0.25, 0.3) is 0 Å². The molecule has 2 N–H and O–H groups in total. The molecule has 2 aromatic rings. The SMILES string of the molecule is Cc1cccc(C23CC(C(NC(=O)OCc4ccccc4)C(=O)O)(C2)C3)c1. The zero-order valence-corrected chi connectivity index (χ0v) is 15.3. The summed E-state index contributed by atoms with van der Waals surface area (Å²) >= 11 is 0. The van der Waals surface area contributed by atoms with Crippen molar-refractivity contribution in [2.24, 2.45) is 5.41 Å². The molecule has 0 heterocycles. The molecule has 140 valence electrons. The normalized spacial score (nSPS) is 26.3.